The second-order valence-corrected chi connectivity index (χ2v) is 27.9. The first-order chi connectivity index (χ1) is 30.8. The minimum atomic E-state index is -2.10. The molecule has 0 aliphatic carbocycles. The second-order valence-electron chi connectivity index (χ2n) is 17.4. The van der Waals surface area contributed by atoms with Gasteiger partial charge in [-0.1, -0.05) is 95.9 Å². The van der Waals surface area contributed by atoms with Gasteiger partial charge in [-0.2, -0.15) is 0 Å². The second kappa shape index (κ2) is 17.4. The van der Waals surface area contributed by atoms with E-state index in [2.05, 4.69) is 141 Å². The fourth-order valence-corrected chi connectivity index (χ4v) is 11.9. The molecule has 317 valence electrons. The number of hydrogen-bond donors (Lipinski definition) is 1. The van der Waals surface area contributed by atoms with E-state index in [9.17, 15) is 4.39 Å². The first kappa shape index (κ1) is 41.7. The van der Waals surface area contributed by atoms with Gasteiger partial charge in [0.05, 0.1) is 22.4 Å². The Morgan fingerprint density at radius 2 is 1.48 bits per heavy atom. The number of rotatable bonds is 6. The van der Waals surface area contributed by atoms with Gasteiger partial charge >= 0.3 is 125 Å². The van der Waals surface area contributed by atoms with Gasteiger partial charge in [0.1, 0.15) is 0 Å². The van der Waals surface area contributed by atoms with Gasteiger partial charge in [0.2, 0.25) is 5.71 Å². The van der Waals surface area contributed by atoms with Gasteiger partial charge < -0.3 is 9.40 Å². The Labute approximate surface area is 389 Å². The maximum Gasteiger partial charge on any atom is 0 e. The van der Waals surface area contributed by atoms with E-state index < -0.39 is 19.2 Å². The van der Waals surface area contributed by atoms with Crippen LogP contribution < -0.4 is 4.40 Å². The summed E-state index contributed by atoms with van der Waals surface area (Å²) in [6.45, 7) is 5.78. The average Bonchev–Trinajstić information content (AvgIpc) is 3.91. The van der Waals surface area contributed by atoms with Crippen molar-refractivity contribution in [2.75, 3.05) is 0 Å². The number of halogens is 1. The number of aromatic nitrogens is 4. The zero-order chi connectivity index (χ0) is 44.3. The fraction of sp³-hybridized carbons (Fsp3) is 0.125. The molecule has 1 radical (unpaired) electrons. The van der Waals surface area contributed by atoms with Crippen molar-refractivity contribution in [2.45, 2.75) is 43.9 Å². The molecule has 0 saturated heterocycles. The maximum absolute atomic E-state index is 13.0. The summed E-state index contributed by atoms with van der Waals surface area (Å²) >= 11 is -2.10. The zero-order valence-corrected chi connectivity index (χ0v) is 40.9. The number of fused-ring (bicyclic) bond motifs is 8. The summed E-state index contributed by atoms with van der Waals surface area (Å²) in [4.78, 5) is 18.1. The van der Waals surface area contributed by atoms with Gasteiger partial charge in [0.15, 0.2) is 0 Å². The number of H-pyrrole nitrogens is 1. The van der Waals surface area contributed by atoms with Crippen molar-refractivity contribution in [2.24, 2.45) is 0 Å². The minimum absolute atomic E-state index is 0. The number of imidazole rings is 1. The third kappa shape index (κ3) is 8.09. The van der Waals surface area contributed by atoms with Crippen LogP contribution in [0.4, 0.5) is 4.39 Å². The molecular formula is C56H45FGeIrN4O-2. The van der Waals surface area contributed by atoms with Crippen LogP contribution in [0.3, 0.4) is 0 Å². The maximum atomic E-state index is 13.0. The fourth-order valence-electron chi connectivity index (χ4n) is 8.55. The number of aryl methyl sites for hydroxylation is 1. The van der Waals surface area contributed by atoms with E-state index in [-0.39, 0.29) is 25.9 Å². The molecule has 0 unspecified atom stereocenters. The van der Waals surface area contributed by atoms with Crippen molar-refractivity contribution in [3.8, 4) is 44.9 Å². The molecule has 5 nitrogen and oxygen atoms in total. The Hall–Kier alpha value is -6.25. The van der Waals surface area contributed by atoms with Crippen LogP contribution >= 0.6 is 0 Å². The first-order valence-corrected chi connectivity index (χ1v) is 28.5. The zero-order valence-electron chi connectivity index (χ0n) is 37.4. The van der Waals surface area contributed by atoms with E-state index in [0.717, 1.165) is 77.8 Å². The van der Waals surface area contributed by atoms with Crippen LogP contribution in [0.1, 0.15) is 32.4 Å². The molecule has 8 heteroatoms. The van der Waals surface area contributed by atoms with Crippen LogP contribution in [-0.2, 0) is 20.1 Å². The number of nitrogens with one attached hydrogen (secondary N) is 1. The summed E-state index contributed by atoms with van der Waals surface area (Å²) in [6.07, 6.45) is 1.91. The van der Waals surface area contributed by atoms with Gasteiger partial charge in [-0.05, 0) is 64.0 Å². The third-order valence-electron chi connectivity index (χ3n) is 11.7. The van der Waals surface area contributed by atoms with Crippen molar-refractivity contribution >= 4 is 72.3 Å². The normalized spacial score (nSPS) is 12.1. The number of pyridine rings is 2. The number of furan rings is 1. The molecule has 4 aromatic heterocycles. The molecule has 0 spiro atoms. The predicted octanol–water partition coefficient (Wildman–Crippen LogP) is 14.6. The van der Waals surface area contributed by atoms with Crippen LogP contribution in [0.15, 0.2) is 156 Å². The monoisotopic (exact) mass is 1080 g/mol. The SMILES string of the molecule is Cc1ccc2c(n1)oc1c(-c3nc4c([nH]3)c(-c3cccc(-c5ccccc5)c3)cc3c5ccccc5ccc34)[c-]ccc12.[2H]C(C)(C)c1cc(-c2[c-]cc(F)cc2)nc[c]1[Ge]([CH3])([CH3])[CH3].[Ir]. The van der Waals surface area contributed by atoms with Crippen molar-refractivity contribution in [1.29, 1.82) is 0 Å². The summed E-state index contributed by atoms with van der Waals surface area (Å²) in [5.74, 6) is 6.64. The summed E-state index contributed by atoms with van der Waals surface area (Å²) in [7, 11) is 0. The molecule has 0 aliphatic rings. The largest absolute Gasteiger partial charge is 0 e. The Morgan fingerprint density at radius 3 is 2.27 bits per heavy atom. The molecule has 64 heavy (non-hydrogen) atoms. The van der Waals surface area contributed by atoms with Gasteiger partial charge in [-0.3, -0.25) is 4.98 Å². The predicted molar refractivity (Wildman–Crippen MR) is 262 cm³/mol. The number of hydrogen-bond acceptors (Lipinski definition) is 4. The van der Waals surface area contributed by atoms with E-state index in [1.807, 2.05) is 57.3 Å². The van der Waals surface area contributed by atoms with Crippen molar-refractivity contribution in [1.82, 2.24) is 19.9 Å². The topological polar surface area (TPSA) is 67.6 Å². The van der Waals surface area contributed by atoms with E-state index in [4.69, 9.17) is 10.8 Å². The van der Waals surface area contributed by atoms with Crippen LogP contribution in [-0.4, -0.2) is 33.2 Å². The third-order valence-corrected chi connectivity index (χ3v) is 16.0. The Morgan fingerprint density at radius 1 is 0.719 bits per heavy atom. The summed E-state index contributed by atoms with van der Waals surface area (Å²) in [6, 6.07) is 55.2. The smallest absolute Gasteiger partial charge is 0 e. The molecule has 0 atom stereocenters. The Balaban J connectivity index is 0.000000206. The van der Waals surface area contributed by atoms with Gasteiger partial charge in [-0.15, -0.1) is 18.2 Å². The number of nitrogens with zero attached hydrogens (tertiary/aromatic N) is 3. The molecule has 7 aromatic carbocycles. The standard InChI is InChI=1S/C39H24N3O.C17H21FGeN.Ir/c1-23-17-19-31-30-15-8-16-32(37(30)43-39(31)40-23)38-41-35-29-20-18-25-11-5-6-14-28(25)34(29)22-33(36(35)42-38)27-13-7-12-26(21-27)24-9-3-2-4-10-24;1-12(2)15-10-17(13-6-8-14(18)9-7-13)20-11-16(15)19(3,4)5;/h2-15,17-22H,1H3,(H,41,42);6,8-12H,1-5H3;/q2*-1;/i;12D;. The van der Waals surface area contributed by atoms with Crippen LogP contribution in [0, 0.1) is 24.9 Å². The number of aromatic amines is 1. The molecule has 0 saturated carbocycles. The molecule has 11 aromatic rings. The minimum Gasteiger partial charge on any atom is 0 e. The quantitative estimate of drug-likeness (QED) is 0.102. The van der Waals surface area contributed by atoms with E-state index >= 15 is 0 Å². The average molecular weight is 1070 g/mol. The van der Waals surface area contributed by atoms with Crippen LogP contribution in [0.25, 0.3) is 99.5 Å². The molecule has 0 fully saturated rings. The van der Waals surface area contributed by atoms with Gasteiger partial charge in [0.25, 0.3) is 0 Å². The molecule has 1 N–H and O–H groups in total. The first-order valence-electron chi connectivity index (χ1n) is 21.7. The van der Waals surface area contributed by atoms with Crippen molar-refractivity contribution in [3.63, 3.8) is 0 Å². The summed E-state index contributed by atoms with van der Waals surface area (Å²) in [5, 5.41) is 6.69. The molecule has 4 heterocycles. The van der Waals surface area contributed by atoms with Crippen molar-refractivity contribution in [3.05, 3.63) is 181 Å². The molecule has 11 rings (SSSR count). The Kier molecular flexibility index (Phi) is 11.3. The molecule has 0 aliphatic heterocycles. The summed E-state index contributed by atoms with van der Waals surface area (Å²) in [5.41, 5.74) is 12.1. The van der Waals surface area contributed by atoms with E-state index in [1.165, 1.54) is 43.8 Å². The summed E-state index contributed by atoms with van der Waals surface area (Å²) < 4.78 is 29.0. The van der Waals surface area contributed by atoms with Crippen molar-refractivity contribution < 1.29 is 30.3 Å². The number of benzene rings is 7. The van der Waals surface area contributed by atoms with Gasteiger partial charge in [-0.25, -0.2) is 4.98 Å². The molecule has 0 amide bonds. The van der Waals surface area contributed by atoms with Crippen LogP contribution in [0.2, 0.25) is 17.3 Å². The molecular weight excluding hydrogens is 1030 g/mol. The van der Waals surface area contributed by atoms with Crippen LogP contribution in [0.5, 0.6) is 0 Å². The van der Waals surface area contributed by atoms with E-state index in [0.29, 0.717) is 5.71 Å². The Bertz CT molecular complexity index is 3560. The van der Waals surface area contributed by atoms with E-state index in [1.54, 1.807) is 6.07 Å². The molecule has 0 bridgehead atoms. The van der Waals surface area contributed by atoms with Gasteiger partial charge in [0, 0.05) is 42.1 Å².